The van der Waals surface area contributed by atoms with Crippen molar-refractivity contribution in [3.05, 3.63) is 20.7 Å². The van der Waals surface area contributed by atoms with Crippen LogP contribution < -0.4 is 4.74 Å². The molecule has 0 spiro atoms. The van der Waals surface area contributed by atoms with Crippen LogP contribution in [0.3, 0.4) is 0 Å². The van der Waals surface area contributed by atoms with Crippen LogP contribution in [0.1, 0.15) is 12.0 Å². The Kier molecular flexibility index (Phi) is 4.11. The number of nitrogens with zero attached hydrogens (tertiary/aromatic N) is 1. The van der Waals surface area contributed by atoms with Gasteiger partial charge in [0.2, 0.25) is 5.88 Å². The zero-order valence-electron chi connectivity index (χ0n) is 7.16. The van der Waals surface area contributed by atoms with E-state index in [0.717, 1.165) is 0 Å². The highest BCUT2D eigenvalue weighted by molar-refractivity contribution is 9.13. The van der Waals surface area contributed by atoms with Crippen molar-refractivity contribution in [3.8, 4) is 5.88 Å². The first-order valence-corrected chi connectivity index (χ1v) is 5.19. The third kappa shape index (κ3) is 3.55. The highest BCUT2D eigenvalue weighted by atomic mass is 79.9. The molecule has 0 unspecified atom stereocenters. The van der Waals surface area contributed by atoms with Crippen LogP contribution in [0.4, 0.5) is 22.0 Å². The van der Waals surface area contributed by atoms with Crippen molar-refractivity contribution < 1.29 is 26.7 Å². The maximum atomic E-state index is 12.4. The number of pyridine rings is 1. The molecule has 90 valence electrons. The lowest BCUT2D eigenvalue weighted by molar-refractivity contribution is -0.276. The predicted molar refractivity (Wildman–Crippen MR) is 51.3 cm³/mol. The molecular formula is C7H2Br2F5NO. The Balaban J connectivity index is 3.14. The van der Waals surface area contributed by atoms with Gasteiger partial charge in [-0.05, 0) is 31.9 Å². The lowest BCUT2D eigenvalue weighted by atomic mass is 10.3. The number of hydrogen-bond donors (Lipinski definition) is 0. The Labute approximate surface area is 103 Å². The summed E-state index contributed by atoms with van der Waals surface area (Å²) < 4.78 is 63.4. The maximum Gasteiger partial charge on any atom is 0.574 e. The first kappa shape index (κ1) is 13.6. The quantitative estimate of drug-likeness (QED) is 0.567. The van der Waals surface area contributed by atoms with Gasteiger partial charge in [-0.25, -0.2) is 13.8 Å². The fraction of sp³-hybridized carbons (Fsp3) is 0.286. The normalized spacial score (nSPS) is 12.0. The van der Waals surface area contributed by atoms with E-state index in [1.807, 2.05) is 0 Å². The number of hydrogen-bond acceptors (Lipinski definition) is 2. The van der Waals surface area contributed by atoms with Gasteiger partial charge in [-0.1, -0.05) is 0 Å². The molecule has 1 aromatic rings. The minimum absolute atomic E-state index is 0.114. The molecule has 0 bridgehead atoms. The van der Waals surface area contributed by atoms with Crippen LogP contribution in [-0.4, -0.2) is 11.3 Å². The molecule has 9 heteroatoms. The Morgan fingerprint density at radius 2 is 1.81 bits per heavy atom. The van der Waals surface area contributed by atoms with E-state index in [-0.39, 0.29) is 9.08 Å². The van der Waals surface area contributed by atoms with Crippen molar-refractivity contribution in [1.29, 1.82) is 0 Å². The molecule has 2 nitrogen and oxygen atoms in total. The van der Waals surface area contributed by atoms with Gasteiger partial charge in [0.1, 0.15) is 4.60 Å². The molecule has 0 aromatic carbocycles. The van der Waals surface area contributed by atoms with E-state index in [2.05, 4.69) is 41.6 Å². The summed E-state index contributed by atoms with van der Waals surface area (Å²) in [6.45, 7) is 0. The van der Waals surface area contributed by atoms with Crippen molar-refractivity contribution in [1.82, 2.24) is 4.98 Å². The molecule has 0 fully saturated rings. The Morgan fingerprint density at radius 1 is 1.25 bits per heavy atom. The number of rotatable bonds is 2. The van der Waals surface area contributed by atoms with Crippen LogP contribution in [0.25, 0.3) is 0 Å². The minimum Gasteiger partial charge on any atom is -0.388 e. The van der Waals surface area contributed by atoms with E-state index >= 15 is 0 Å². The van der Waals surface area contributed by atoms with Crippen molar-refractivity contribution in [2.45, 2.75) is 12.8 Å². The average molecular weight is 371 g/mol. The zero-order chi connectivity index (χ0) is 12.5. The van der Waals surface area contributed by atoms with Gasteiger partial charge < -0.3 is 4.74 Å². The smallest absolute Gasteiger partial charge is 0.388 e. The van der Waals surface area contributed by atoms with Crippen LogP contribution in [0.2, 0.25) is 0 Å². The summed E-state index contributed by atoms with van der Waals surface area (Å²) in [5, 5.41) is 0. The number of aromatic nitrogens is 1. The van der Waals surface area contributed by atoms with Gasteiger partial charge in [0, 0.05) is 11.6 Å². The molecule has 0 aliphatic heterocycles. The molecule has 0 aliphatic rings. The highest BCUT2D eigenvalue weighted by Crippen LogP contribution is 2.35. The molecule has 0 atom stereocenters. The van der Waals surface area contributed by atoms with Crippen molar-refractivity contribution in [3.63, 3.8) is 0 Å². The second-order valence-electron chi connectivity index (χ2n) is 2.50. The van der Waals surface area contributed by atoms with Gasteiger partial charge in [-0.2, -0.15) is 0 Å². The fourth-order valence-electron chi connectivity index (χ4n) is 0.823. The van der Waals surface area contributed by atoms with Gasteiger partial charge in [-0.15, -0.1) is 13.2 Å². The predicted octanol–water partition coefficient (Wildman–Crippen LogP) is 4.44. The van der Waals surface area contributed by atoms with Gasteiger partial charge in [0.25, 0.3) is 6.43 Å². The number of halogens is 7. The summed E-state index contributed by atoms with van der Waals surface area (Å²) in [5.41, 5.74) is -0.638. The molecule has 1 heterocycles. The van der Waals surface area contributed by atoms with Crippen molar-refractivity contribution in [2.24, 2.45) is 0 Å². The topological polar surface area (TPSA) is 22.1 Å². The molecule has 0 saturated heterocycles. The first-order valence-electron chi connectivity index (χ1n) is 3.60. The molecule has 0 saturated carbocycles. The largest absolute Gasteiger partial charge is 0.574 e. The lowest BCUT2D eigenvalue weighted by Gasteiger charge is -2.11. The number of alkyl halides is 5. The summed E-state index contributed by atoms with van der Waals surface area (Å²) in [5.74, 6) is -0.946. The van der Waals surface area contributed by atoms with Gasteiger partial charge in [0.05, 0.1) is 4.47 Å². The average Bonchev–Trinajstić information content (AvgIpc) is 2.07. The van der Waals surface area contributed by atoms with Crippen LogP contribution >= 0.6 is 31.9 Å². The molecule has 1 rings (SSSR count). The van der Waals surface area contributed by atoms with E-state index in [0.29, 0.717) is 6.07 Å². The third-order valence-electron chi connectivity index (χ3n) is 1.38. The highest BCUT2D eigenvalue weighted by Gasteiger charge is 2.32. The minimum atomic E-state index is -4.97. The van der Waals surface area contributed by atoms with E-state index in [4.69, 9.17) is 0 Å². The fourth-order valence-corrected chi connectivity index (χ4v) is 1.60. The molecule has 16 heavy (non-hydrogen) atoms. The van der Waals surface area contributed by atoms with Gasteiger partial charge in [0.15, 0.2) is 0 Å². The molecule has 0 amide bonds. The Bertz CT molecular complexity index is 395. The van der Waals surface area contributed by atoms with E-state index in [9.17, 15) is 22.0 Å². The van der Waals surface area contributed by atoms with E-state index in [1.54, 1.807) is 0 Å². The SMILES string of the molecule is FC(F)c1cc(OC(F)(F)F)nc(Br)c1Br. The van der Waals surface area contributed by atoms with Crippen LogP contribution in [0, 0.1) is 0 Å². The summed E-state index contributed by atoms with van der Waals surface area (Å²) in [6.07, 6.45) is -7.91. The van der Waals surface area contributed by atoms with Crippen molar-refractivity contribution >= 4 is 31.9 Å². The first-order chi connectivity index (χ1) is 7.20. The van der Waals surface area contributed by atoms with Crippen LogP contribution in [0.15, 0.2) is 15.1 Å². The summed E-state index contributed by atoms with van der Waals surface area (Å²) in [7, 11) is 0. The maximum absolute atomic E-state index is 12.4. The van der Waals surface area contributed by atoms with E-state index < -0.39 is 24.2 Å². The van der Waals surface area contributed by atoms with Crippen molar-refractivity contribution in [2.75, 3.05) is 0 Å². The lowest BCUT2D eigenvalue weighted by Crippen LogP contribution is -2.18. The number of ether oxygens (including phenoxy) is 1. The second kappa shape index (κ2) is 4.82. The Hall–Kier alpha value is -0.440. The Morgan fingerprint density at radius 3 is 2.25 bits per heavy atom. The van der Waals surface area contributed by atoms with Gasteiger partial charge in [-0.3, -0.25) is 0 Å². The molecule has 0 N–H and O–H groups in total. The molecule has 1 aromatic heterocycles. The molecule has 0 radical (unpaired) electrons. The summed E-state index contributed by atoms with van der Waals surface area (Å²) in [6, 6.07) is 0.521. The molecular weight excluding hydrogens is 369 g/mol. The standard InChI is InChI=1S/C7H2Br2F5NO/c8-4-2(6(10)11)1-3(15-5(4)9)16-7(12,13)14/h1,6H. The zero-order valence-corrected chi connectivity index (χ0v) is 10.3. The van der Waals surface area contributed by atoms with Gasteiger partial charge >= 0.3 is 6.36 Å². The second-order valence-corrected chi connectivity index (χ2v) is 4.05. The summed E-state index contributed by atoms with van der Waals surface area (Å²) in [4.78, 5) is 3.30. The third-order valence-corrected chi connectivity index (χ3v) is 3.32. The summed E-state index contributed by atoms with van der Waals surface area (Å²) >= 11 is 5.50. The monoisotopic (exact) mass is 369 g/mol. The van der Waals surface area contributed by atoms with Crippen LogP contribution in [-0.2, 0) is 0 Å². The van der Waals surface area contributed by atoms with E-state index in [1.165, 1.54) is 0 Å². The van der Waals surface area contributed by atoms with Crippen LogP contribution in [0.5, 0.6) is 5.88 Å². The molecule has 0 aliphatic carbocycles.